The lowest BCUT2D eigenvalue weighted by atomic mass is 9.96. The lowest BCUT2D eigenvalue weighted by Crippen LogP contribution is -2.17. The largest absolute Gasteiger partial charge is 0.481 e. The predicted molar refractivity (Wildman–Crippen MR) is 53.5 cm³/mol. The number of aryl methyl sites for hydroxylation is 1. The van der Waals surface area contributed by atoms with Crippen LogP contribution in [0.4, 0.5) is 0 Å². The second-order valence-electron chi connectivity index (χ2n) is 3.84. The number of hydrogen-bond donors (Lipinski definition) is 1. The molecule has 84 valence electrons. The summed E-state index contributed by atoms with van der Waals surface area (Å²) in [6.07, 6.45) is 1.60. The molecule has 5 nitrogen and oxygen atoms in total. The zero-order valence-corrected chi connectivity index (χ0v) is 9.23. The second kappa shape index (κ2) is 4.91. The van der Waals surface area contributed by atoms with E-state index in [2.05, 4.69) is 10.2 Å². The maximum Gasteiger partial charge on any atom is 0.316 e. The Labute approximate surface area is 88.5 Å². The molecule has 0 fully saturated rings. The van der Waals surface area contributed by atoms with Crippen molar-refractivity contribution in [3.05, 3.63) is 11.8 Å². The number of carboxylic acid groups (broad SMARTS) is 1. The van der Waals surface area contributed by atoms with E-state index in [0.717, 1.165) is 6.42 Å². The van der Waals surface area contributed by atoms with Gasteiger partial charge in [-0.2, -0.15) is 0 Å². The third-order valence-corrected chi connectivity index (χ3v) is 2.15. The van der Waals surface area contributed by atoms with Crippen molar-refractivity contribution >= 4 is 5.97 Å². The number of aliphatic carboxylic acids is 1. The molecule has 0 aliphatic heterocycles. The quantitative estimate of drug-likeness (QED) is 0.805. The smallest absolute Gasteiger partial charge is 0.316 e. The standard InChI is InChI=1S/C10H16N2O3/c1-4-5-7-11-12-9(15-7)8(6(2)3)10(13)14/h6,8H,4-5H2,1-3H3,(H,13,14). The summed E-state index contributed by atoms with van der Waals surface area (Å²) in [5.74, 6) is -0.961. The molecular formula is C10H16N2O3. The van der Waals surface area contributed by atoms with Crippen molar-refractivity contribution in [2.24, 2.45) is 5.92 Å². The minimum absolute atomic E-state index is 0.0579. The van der Waals surface area contributed by atoms with E-state index in [9.17, 15) is 4.79 Å². The van der Waals surface area contributed by atoms with Gasteiger partial charge >= 0.3 is 5.97 Å². The van der Waals surface area contributed by atoms with Crippen molar-refractivity contribution in [2.45, 2.75) is 39.5 Å². The zero-order valence-electron chi connectivity index (χ0n) is 9.23. The summed E-state index contributed by atoms with van der Waals surface area (Å²) < 4.78 is 5.31. The summed E-state index contributed by atoms with van der Waals surface area (Å²) in [5.41, 5.74) is 0. The van der Waals surface area contributed by atoms with Gasteiger partial charge in [0.1, 0.15) is 5.92 Å². The van der Waals surface area contributed by atoms with Gasteiger partial charge < -0.3 is 9.52 Å². The summed E-state index contributed by atoms with van der Waals surface area (Å²) in [6, 6.07) is 0. The van der Waals surface area contributed by atoms with Gasteiger partial charge in [0.15, 0.2) is 0 Å². The van der Waals surface area contributed by atoms with Gasteiger partial charge in [-0.1, -0.05) is 20.8 Å². The van der Waals surface area contributed by atoms with Gasteiger partial charge in [-0.15, -0.1) is 10.2 Å². The second-order valence-corrected chi connectivity index (χ2v) is 3.84. The molecule has 0 spiro atoms. The molecule has 1 unspecified atom stereocenters. The van der Waals surface area contributed by atoms with Crippen LogP contribution in [0.2, 0.25) is 0 Å². The summed E-state index contributed by atoms with van der Waals surface area (Å²) in [5, 5.41) is 16.6. The number of nitrogens with zero attached hydrogens (tertiary/aromatic N) is 2. The van der Waals surface area contributed by atoms with Crippen LogP contribution < -0.4 is 0 Å². The number of aromatic nitrogens is 2. The number of rotatable bonds is 5. The van der Waals surface area contributed by atoms with Gasteiger partial charge in [-0.3, -0.25) is 4.79 Å². The van der Waals surface area contributed by atoms with Crippen LogP contribution in [0, 0.1) is 5.92 Å². The first-order valence-corrected chi connectivity index (χ1v) is 5.11. The molecule has 0 saturated heterocycles. The Hall–Kier alpha value is -1.39. The minimum atomic E-state index is -0.920. The molecule has 0 aliphatic rings. The highest BCUT2D eigenvalue weighted by molar-refractivity contribution is 5.74. The molecule has 0 saturated carbocycles. The van der Waals surface area contributed by atoms with E-state index in [0.29, 0.717) is 12.3 Å². The number of carboxylic acids is 1. The van der Waals surface area contributed by atoms with E-state index in [1.165, 1.54) is 0 Å². The fourth-order valence-corrected chi connectivity index (χ4v) is 1.38. The van der Waals surface area contributed by atoms with Crippen LogP contribution in [-0.4, -0.2) is 21.3 Å². The highest BCUT2D eigenvalue weighted by atomic mass is 16.4. The Morgan fingerprint density at radius 2 is 2.13 bits per heavy atom. The molecule has 1 N–H and O–H groups in total. The number of hydrogen-bond acceptors (Lipinski definition) is 4. The summed E-state index contributed by atoms with van der Waals surface area (Å²) in [6.45, 7) is 5.64. The first kappa shape index (κ1) is 11.7. The normalized spacial score (nSPS) is 13.1. The number of carbonyl (C=O) groups is 1. The van der Waals surface area contributed by atoms with Crippen molar-refractivity contribution in [2.75, 3.05) is 0 Å². The molecule has 15 heavy (non-hydrogen) atoms. The fourth-order valence-electron chi connectivity index (χ4n) is 1.38. The first-order chi connectivity index (χ1) is 7.06. The SMILES string of the molecule is CCCc1nnc(C(C(=O)O)C(C)C)o1. The topological polar surface area (TPSA) is 76.2 Å². The monoisotopic (exact) mass is 212 g/mol. The molecule has 5 heteroatoms. The van der Waals surface area contributed by atoms with Gasteiger partial charge in [0.25, 0.3) is 0 Å². The van der Waals surface area contributed by atoms with Crippen molar-refractivity contribution in [1.82, 2.24) is 10.2 Å². The summed E-state index contributed by atoms with van der Waals surface area (Å²) in [7, 11) is 0. The van der Waals surface area contributed by atoms with Gasteiger partial charge in [0.05, 0.1) is 0 Å². The van der Waals surface area contributed by atoms with Crippen LogP contribution in [0.15, 0.2) is 4.42 Å². The van der Waals surface area contributed by atoms with Gasteiger partial charge in [0, 0.05) is 6.42 Å². The average molecular weight is 212 g/mol. The molecule has 1 rings (SSSR count). The van der Waals surface area contributed by atoms with Crippen molar-refractivity contribution in [3.8, 4) is 0 Å². The maximum atomic E-state index is 11.0. The van der Waals surface area contributed by atoms with Gasteiger partial charge in [-0.25, -0.2) is 0 Å². The molecular weight excluding hydrogens is 196 g/mol. The molecule has 1 heterocycles. The van der Waals surface area contributed by atoms with E-state index < -0.39 is 11.9 Å². The highest BCUT2D eigenvalue weighted by Crippen LogP contribution is 2.23. The Morgan fingerprint density at radius 3 is 2.60 bits per heavy atom. The van der Waals surface area contributed by atoms with E-state index >= 15 is 0 Å². The molecule has 0 bridgehead atoms. The first-order valence-electron chi connectivity index (χ1n) is 5.11. The van der Waals surface area contributed by atoms with Gasteiger partial charge in [-0.05, 0) is 12.3 Å². The predicted octanol–water partition coefficient (Wildman–Crippen LogP) is 1.85. The average Bonchev–Trinajstić information content (AvgIpc) is 2.52. The Kier molecular flexibility index (Phi) is 3.82. The molecule has 0 radical (unpaired) electrons. The third kappa shape index (κ3) is 2.78. The van der Waals surface area contributed by atoms with Crippen LogP contribution in [0.1, 0.15) is 44.9 Å². The Bertz CT molecular complexity index is 333. The van der Waals surface area contributed by atoms with Crippen LogP contribution in [0.3, 0.4) is 0 Å². The van der Waals surface area contributed by atoms with Crippen molar-refractivity contribution in [3.63, 3.8) is 0 Å². The highest BCUT2D eigenvalue weighted by Gasteiger charge is 2.29. The molecule has 1 atom stereocenters. The van der Waals surface area contributed by atoms with E-state index in [1.54, 1.807) is 0 Å². The van der Waals surface area contributed by atoms with Crippen molar-refractivity contribution in [1.29, 1.82) is 0 Å². The molecule has 0 amide bonds. The molecule has 1 aromatic heterocycles. The minimum Gasteiger partial charge on any atom is -0.481 e. The molecule has 0 aliphatic carbocycles. The zero-order chi connectivity index (χ0) is 11.4. The molecule has 1 aromatic rings. The van der Waals surface area contributed by atoms with Crippen LogP contribution in [0.25, 0.3) is 0 Å². The summed E-state index contributed by atoms with van der Waals surface area (Å²) >= 11 is 0. The van der Waals surface area contributed by atoms with E-state index in [4.69, 9.17) is 9.52 Å². The van der Waals surface area contributed by atoms with Gasteiger partial charge in [0.2, 0.25) is 11.8 Å². The Balaban J connectivity index is 2.87. The third-order valence-electron chi connectivity index (χ3n) is 2.15. The fraction of sp³-hybridized carbons (Fsp3) is 0.700. The van der Waals surface area contributed by atoms with Crippen LogP contribution in [0.5, 0.6) is 0 Å². The lowest BCUT2D eigenvalue weighted by molar-refractivity contribution is -0.140. The maximum absolute atomic E-state index is 11.0. The summed E-state index contributed by atoms with van der Waals surface area (Å²) in [4.78, 5) is 11.0. The van der Waals surface area contributed by atoms with E-state index in [-0.39, 0.29) is 11.8 Å². The van der Waals surface area contributed by atoms with E-state index in [1.807, 2.05) is 20.8 Å². The molecule has 0 aromatic carbocycles. The van der Waals surface area contributed by atoms with Crippen molar-refractivity contribution < 1.29 is 14.3 Å². The lowest BCUT2D eigenvalue weighted by Gasteiger charge is -2.10. The van der Waals surface area contributed by atoms with Crippen LogP contribution >= 0.6 is 0 Å². The Morgan fingerprint density at radius 1 is 1.47 bits per heavy atom. The van der Waals surface area contributed by atoms with Crippen LogP contribution in [-0.2, 0) is 11.2 Å².